The molecule has 4 aliphatic heterocycles. The summed E-state index contributed by atoms with van der Waals surface area (Å²) < 4.78 is 23.0. The minimum absolute atomic E-state index is 0.0787. The highest BCUT2D eigenvalue weighted by molar-refractivity contribution is 5.92. The van der Waals surface area contributed by atoms with Crippen molar-refractivity contribution in [1.29, 1.82) is 0 Å². The summed E-state index contributed by atoms with van der Waals surface area (Å²) in [6.45, 7) is 6.78. The molecule has 3 aromatic rings. The van der Waals surface area contributed by atoms with Crippen LogP contribution in [0.3, 0.4) is 0 Å². The zero-order valence-electron chi connectivity index (χ0n) is 22.8. The number of hydrogen-bond donors (Lipinski definition) is 1. The Kier molecular flexibility index (Phi) is 5.60. The minimum atomic E-state index is -0.367. The topological polar surface area (TPSA) is 66.4 Å². The zero-order valence-corrected chi connectivity index (χ0v) is 22.8. The zero-order chi connectivity index (χ0) is 26.1. The predicted molar refractivity (Wildman–Crippen MR) is 150 cm³/mol. The summed E-state index contributed by atoms with van der Waals surface area (Å²) in [5.74, 6) is 0.780. The lowest BCUT2D eigenvalue weighted by molar-refractivity contribution is 0.108. The molecule has 4 saturated heterocycles. The van der Waals surface area contributed by atoms with Gasteiger partial charge in [0.1, 0.15) is 23.6 Å². The monoisotopic (exact) mass is 528 g/mol. The number of nitrogens with one attached hydrogen (secondary N) is 1. The second-order valence-electron chi connectivity index (χ2n) is 12.6. The summed E-state index contributed by atoms with van der Waals surface area (Å²) in [7, 11) is 0. The van der Waals surface area contributed by atoms with Gasteiger partial charge in [0.2, 0.25) is 0 Å². The van der Waals surface area contributed by atoms with Crippen molar-refractivity contribution >= 4 is 16.7 Å². The normalized spacial score (nSPS) is 27.3. The van der Waals surface area contributed by atoms with Crippen molar-refractivity contribution in [3.05, 3.63) is 41.3 Å². The molecule has 3 atom stereocenters. The molecule has 0 radical (unpaired) electrons. The lowest BCUT2D eigenvalue weighted by Crippen LogP contribution is -2.51. The highest BCUT2D eigenvalue weighted by Crippen LogP contribution is 2.42. The fourth-order valence-electron chi connectivity index (χ4n) is 8.28. The molecule has 0 saturated carbocycles. The Labute approximate surface area is 229 Å². The standard InChI is InChI=1S/C31H37FN6O/c1-19-7-8-20-5-2-6-23(25(19)20)27-26(32)28-24(15-33-27)29(37-16-21-9-10-22(17-37)34-21)36-30(35-28)39-18-31-11-3-13-38(31)14-4-12-31/h2,5-6,15,19,21-22,34H,3-4,7-14,16-18H2,1H3. The summed E-state index contributed by atoms with van der Waals surface area (Å²) in [4.78, 5) is 19.3. The van der Waals surface area contributed by atoms with Crippen molar-refractivity contribution in [3.63, 3.8) is 0 Å². The average molecular weight is 529 g/mol. The number of fused-ring (bicyclic) bond motifs is 5. The van der Waals surface area contributed by atoms with Crippen LogP contribution >= 0.6 is 0 Å². The van der Waals surface area contributed by atoms with Gasteiger partial charge in [-0.3, -0.25) is 9.88 Å². The Hall–Kier alpha value is -2.84. The van der Waals surface area contributed by atoms with E-state index in [1.807, 2.05) is 12.1 Å². The van der Waals surface area contributed by atoms with Crippen molar-refractivity contribution in [3.8, 4) is 17.3 Å². The molecule has 2 aromatic heterocycles. The number of ether oxygens (including phenoxy) is 1. The van der Waals surface area contributed by atoms with Gasteiger partial charge in [-0.25, -0.2) is 4.39 Å². The molecule has 3 unspecified atom stereocenters. The van der Waals surface area contributed by atoms with Gasteiger partial charge in [-0.1, -0.05) is 25.1 Å². The lowest BCUT2D eigenvalue weighted by atomic mass is 9.94. The maximum atomic E-state index is 16.6. The quantitative estimate of drug-likeness (QED) is 0.509. The number of hydrogen-bond acceptors (Lipinski definition) is 7. The maximum absolute atomic E-state index is 16.6. The van der Waals surface area contributed by atoms with Crippen LogP contribution in [-0.2, 0) is 6.42 Å². The van der Waals surface area contributed by atoms with Crippen LogP contribution in [0.25, 0.3) is 22.2 Å². The largest absolute Gasteiger partial charge is 0.461 e. The van der Waals surface area contributed by atoms with E-state index in [1.165, 1.54) is 36.8 Å². The number of nitrogens with zero attached hydrogens (tertiary/aromatic N) is 5. The summed E-state index contributed by atoms with van der Waals surface area (Å²) in [6.07, 6.45) is 11.0. The molecule has 0 spiro atoms. The van der Waals surface area contributed by atoms with E-state index < -0.39 is 0 Å². The molecule has 2 bridgehead atoms. The molecule has 1 aromatic carbocycles. The number of rotatable bonds is 5. The van der Waals surface area contributed by atoms with Gasteiger partial charge in [0, 0.05) is 36.9 Å². The molecular weight excluding hydrogens is 491 g/mol. The van der Waals surface area contributed by atoms with Crippen molar-refractivity contribution < 1.29 is 9.13 Å². The second-order valence-corrected chi connectivity index (χ2v) is 12.6. The fraction of sp³-hybridized carbons (Fsp3) is 0.581. The van der Waals surface area contributed by atoms with Gasteiger partial charge in [-0.15, -0.1) is 0 Å². The van der Waals surface area contributed by atoms with Gasteiger partial charge in [0.15, 0.2) is 5.82 Å². The van der Waals surface area contributed by atoms with Crippen LogP contribution in [0.4, 0.5) is 10.2 Å². The van der Waals surface area contributed by atoms with E-state index in [0.717, 1.165) is 63.2 Å². The molecule has 5 aliphatic rings. The third-order valence-electron chi connectivity index (χ3n) is 10.2. The molecule has 0 amide bonds. The van der Waals surface area contributed by atoms with E-state index in [9.17, 15) is 0 Å². The van der Waals surface area contributed by atoms with Crippen molar-refractivity contribution in [1.82, 2.24) is 25.2 Å². The van der Waals surface area contributed by atoms with E-state index in [2.05, 4.69) is 28.1 Å². The van der Waals surface area contributed by atoms with E-state index in [4.69, 9.17) is 19.7 Å². The van der Waals surface area contributed by atoms with Gasteiger partial charge >= 0.3 is 6.01 Å². The number of aryl methyl sites for hydroxylation is 1. The predicted octanol–water partition coefficient (Wildman–Crippen LogP) is 4.83. The number of anilines is 1. The van der Waals surface area contributed by atoms with Crippen LogP contribution in [0.2, 0.25) is 0 Å². The molecule has 39 heavy (non-hydrogen) atoms. The minimum Gasteiger partial charge on any atom is -0.461 e. The Morgan fingerprint density at radius 1 is 1.08 bits per heavy atom. The fourth-order valence-corrected chi connectivity index (χ4v) is 8.28. The summed E-state index contributed by atoms with van der Waals surface area (Å²) >= 11 is 0. The van der Waals surface area contributed by atoms with Gasteiger partial charge in [-0.05, 0) is 81.5 Å². The first-order chi connectivity index (χ1) is 19.1. The Bertz CT molecular complexity index is 1420. The van der Waals surface area contributed by atoms with Gasteiger partial charge < -0.3 is 15.0 Å². The summed E-state index contributed by atoms with van der Waals surface area (Å²) in [5, 5.41) is 4.37. The Morgan fingerprint density at radius 3 is 2.67 bits per heavy atom. The van der Waals surface area contributed by atoms with Crippen molar-refractivity contribution in [2.75, 3.05) is 37.7 Å². The first-order valence-corrected chi connectivity index (χ1v) is 15.0. The van der Waals surface area contributed by atoms with Crippen LogP contribution in [0, 0.1) is 5.82 Å². The van der Waals surface area contributed by atoms with E-state index >= 15 is 4.39 Å². The first-order valence-electron chi connectivity index (χ1n) is 15.0. The number of aromatic nitrogens is 3. The SMILES string of the molecule is CC1CCc2cccc(-c3ncc4c(N5CC6CCC(C5)N6)nc(OCC56CCCN5CCC6)nc4c3F)c21. The summed E-state index contributed by atoms with van der Waals surface area (Å²) in [5.41, 5.74) is 4.22. The van der Waals surface area contributed by atoms with E-state index in [0.29, 0.717) is 47.2 Å². The molecule has 1 N–H and O–H groups in total. The molecule has 1 aliphatic carbocycles. The molecular formula is C31H37FN6O. The molecule has 8 rings (SSSR count). The van der Waals surface area contributed by atoms with Crippen LogP contribution in [0.5, 0.6) is 6.01 Å². The van der Waals surface area contributed by atoms with E-state index in [1.54, 1.807) is 6.20 Å². The lowest BCUT2D eigenvalue weighted by Gasteiger charge is -2.34. The molecule has 7 nitrogen and oxygen atoms in total. The van der Waals surface area contributed by atoms with Crippen LogP contribution in [-0.4, -0.2) is 70.3 Å². The van der Waals surface area contributed by atoms with Crippen LogP contribution in [0.15, 0.2) is 24.4 Å². The number of benzene rings is 1. The van der Waals surface area contributed by atoms with Crippen molar-refractivity contribution in [2.45, 2.75) is 81.8 Å². The highest BCUT2D eigenvalue weighted by Gasteiger charge is 2.45. The smallest absolute Gasteiger partial charge is 0.319 e. The third kappa shape index (κ3) is 3.85. The average Bonchev–Trinajstić information content (AvgIpc) is 3.71. The number of pyridine rings is 1. The number of piperazine rings is 1. The molecule has 6 heterocycles. The second kappa shape index (κ2) is 9.10. The van der Waals surface area contributed by atoms with Gasteiger partial charge in [0.05, 0.1) is 10.9 Å². The number of halogens is 1. The molecule has 8 heteroatoms. The molecule has 4 fully saturated rings. The van der Waals surface area contributed by atoms with E-state index in [-0.39, 0.29) is 11.4 Å². The van der Waals surface area contributed by atoms with Crippen molar-refractivity contribution in [2.24, 2.45) is 0 Å². The highest BCUT2D eigenvalue weighted by atomic mass is 19.1. The van der Waals surface area contributed by atoms with Gasteiger partial charge in [0.25, 0.3) is 0 Å². The first kappa shape index (κ1) is 24.0. The summed E-state index contributed by atoms with van der Waals surface area (Å²) in [6, 6.07) is 7.38. The van der Waals surface area contributed by atoms with Gasteiger partial charge in [-0.2, -0.15) is 9.97 Å². The molecule has 204 valence electrons. The third-order valence-corrected chi connectivity index (χ3v) is 10.2. The Morgan fingerprint density at radius 2 is 1.87 bits per heavy atom. The maximum Gasteiger partial charge on any atom is 0.319 e. The Balaban J connectivity index is 1.23. The van der Waals surface area contributed by atoms with Crippen LogP contribution in [0.1, 0.15) is 68.9 Å². The van der Waals surface area contributed by atoms with Crippen LogP contribution < -0.4 is 15.0 Å².